The van der Waals surface area contributed by atoms with Crippen LogP contribution in [0.1, 0.15) is 11.3 Å². The number of thiophene rings is 1. The molecule has 10 heteroatoms. The van der Waals surface area contributed by atoms with Crippen molar-refractivity contribution in [3.8, 4) is 9.88 Å². The van der Waals surface area contributed by atoms with E-state index in [0.29, 0.717) is 11.3 Å². The normalized spacial score (nSPS) is 17.5. The predicted molar refractivity (Wildman–Crippen MR) is 119 cm³/mol. The minimum atomic E-state index is -3.73. The van der Waals surface area contributed by atoms with Crippen molar-refractivity contribution in [2.45, 2.75) is 24.4 Å². The molecule has 4 rings (SSSR count). The van der Waals surface area contributed by atoms with E-state index >= 15 is 0 Å². The fourth-order valence-electron chi connectivity index (χ4n) is 3.04. The van der Waals surface area contributed by atoms with Crippen LogP contribution in [0.2, 0.25) is 0 Å². The van der Waals surface area contributed by atoms with Gasteiger partial charge in [-0.15, -0.1) is 34.4 Å². The number of nitrogens with one attached hydrogen (secondary N) is 1. The Hall–Kier alpha value is -1.72. The molecule has 1 aromatic carbocycles. The second kappa shape index (κ2) is 8.57. The lowest BCUT2D eigenvalue weighted by molar-refractivity contribution is -0.124. The van der Waals surface area contributed by atoms with Gasteiger partial charge in [-0.3, -0.25) is 4.79 Å². The van der Waals surface area contributed by atoms with Gasteiger partial charge in [0.2, 0.25) is 15.9 Å². The van der Waals surface area contributed by atoms with Crippen LogP contribution in [0.25, 0.3) is 9.88 Å². The highest BCUT2D eigenvalue weighted by atomic mass is 32.2. The van der Waals surface area contributed by atoms with Crippen LogP contribution in [0.3, 0.4) is 0 Å². The fraction of sp³-hybridized carbons (Fsp3) is 0.263. The molecule has 1 atom stereocenters. The molecule has 1 fully saturated rings. The van der Waals surface area contributed by atoms with E-state index in [1.807, 2.05) is 22.9 Å². The maximum absolute atomic E-state index is 13.1. The monoisotopic (exact) mass is 465 g/mol. The van der Waals surface area contributed by atoms with Crippen molar-refractivity contribution in [2.75, 3.05) is 11.6 Å². The lowest BCUT2D eigenvalue weighted by atomic mass is 10.2. The van der Waals surface area contributed by atoms with E-state index in [-0.39, 0.29) is 23.2 Å². The van der Waals surface area contributed by atoms with Crippen LogP contribution in [0.4, 0.5) is 0 Å². The zero-order valence-electron chi connectivity index (χ0n) is 15.6. The van der Waals surface area contributed by atoms with Gasteiger partial charge in [0, 0.05) is 11.1 Å². The van der Waals surface area contributed by atoms with Crippen LogP contribution in [-0.2, 0) is 21.4 Å². The highest BCUT2D eigenvalue weighted by Gasteiger charge is 2.40. The first kappa shape index (κ1) is 20.5. The van der Waals surface area contributed by atoms with Crippen LogP contribution >= 0.6 is 34.4 Å². The summed E-state index contributed by atoms with van der Waals surface area (Å²) in [6, 6.07) is 10.1. The molecule has 2 aromatic heterocycles. The van der Waals surface area contributed by atoms with Crippen LogP contribution in [-0.4, -0.2) is 41.3 Å². The van der Waals surface area contributed by atoms with Crippen molar-refractivity contribution >= 4 is 50.4 Å². The van der Waals surface area contributed by atoms with Crippen LogP contribution in [0.5, 0.6) is 0 Å². The summed E-state index contributed by atoms with van der Waals surface area (Å²) in [6.07, 6.45) is 0. The molecule has 0 unspecified atom stereocenters. The molecule has 6 nitrogen and oxygen atoms in total. The summed E-state index contributed by atoms with van der Waals surface area (Å²) in [6.45, 7) is 2.04. The van der Waals surface area contributed by atoms with Crippen molar-refractivity contribution in [3.63, 3.8) is 0 Å². The quantitative estimate of drug-likeness (QED) is 0.602. The molecule has 0 spiro atoms. The van der Waals surface area contributed by atoms with E-state index in [9.17, 15) is 13.2 Å². The van der Waals surface area contributed by atoms with E-state index in [4.69, 9.17) is 0 Å². The standard InChI is InChI=1S/C19H19N3O3S4/c1-13-5-2-3-7-17(13)29(24,25)22-12-26-11-15(22)18(23)20-9-14-10-28-19(21-14)16-6-4-8-27-16/h2-8,10,15H,9,11-12H2,1H3,(H,20,23)/t15-/m1/s1. The number of thioether (sulfide) groups is 1. The second-order valence-electron chi connectivity index (χ2n) is 6.51. The Morgan fingerprint density at radius 3 is 2.83 bits per heavy atom. The Bertz CT molecular complexity index is 1110. The summed E-state index contributed by atoms with van der Waals surface area (Å²) in [4.78, 5) is 18.7. The Labute approximate surface area is 182 Å². The first-order chi connectivity index (χ1) is 14.0. The average Bonchev–Trinajstić information content (AvgIpc) is 3.47. The molecular formula is C19H19N3O3S4. The third-order valence-corrected chi connectivity index (χ3v) is 9.67. The number of thiazole rings is 1. The number of amides is 1. The van der Waals surface area contributed by atoms with E-state index in [0.717, 1.165) is 15.6 Å². The van der Waals surface area contributed by atoms with Gasteiger partial charge in [0.25, 0.3) is 0 Å². The number of sulfonamides is 1. The van der Waals surface area contributed by atoms with Crippen molar-refractivity contribution in [2.24, 2.45) is 0 Å². The largest absolute Gasteiger partial charge is 0.349 e. The smallest absolute Gasteiger partial charge is 0.244 e. The number of hydrogen-bond acceptors (Lipinski definition) is 7. The maximum Gasteiger partial charge on any atom is 0.244 e. The number of carbonyl (C=O) groups excluding carboxylic acids is 1. The minimum absolute atomic E-state index is 0.250. The van der Waals surface area contributed by atoms with Crippen LogP contribution in [0.15, 0.2) is 52.1 Å². The van der Waals surface area contributed by atoms with E-state index in [2.05, 4.69) is 10.3 Å². The zero-order chi connectivity index (χ0) is 20.4. The van der Waals surface area contributed by atoms with Crippen LogP contribution in [0, 0.1) is 6.92 Å². The third kappa shape index (κ3) is 4.26. The Morgan fingerprint density at radius 2 is 2.07 bits per heavy atom. The number of aryl methyl sites for hydroxylation is 1. The molecule has 3 aromatic rings. The Balaban J connectivity index is 1.45. The molecule has 1 aliphatic rings. The molecule has 0 aliphatic carbocycles. The lowest BCUT2D eigenvalue weighted by Gasteiger charge is -2.23. The Morgan fingerprint density at radius 1 is 1.24 bits per heavy atom. The van der Waals surface area contributed by atoms with Crippen LogP contribution < -0.4 is 5.32 Å². The third-order valence-electron chi connectivity index (χ3n) is 4.55. The number of rotatable bonds is 6. The summed E-state index contributed by atoms with van der Waals surface area (Å²) < 4.78 is 27.5. The maximum atomic E-state index is 13.1. The van der Waals surface area contributed by atoms with Gasteiger partial charge < -0.3 is 5.32 Å². The van der Waals surface area contributed by atoms with Gasteiger partial charge in [0.15, 0.2) is 0 Å². The molecule has 1 amide bonds. The summed E-state index contributed by atoms with van der Waals surface area (Å²) in [5, 5.41) is 7.69. The number of hydrogen-bond donors (Lipinski definition) is 1. The van der Waals surface area contributed by atoms with Crippen molar-refractivity contribution < 1.29 is 13.2 Å². The number of benzene rings is 1. The highest BCUT2D eigenvalue weighted by Crippen LogP contribution is 2.30. The Kier molecular flexibility index (Phi) is 6.07. The topological polar surface area (TPSA) is 79.4 Å². The molecule has 1 aliphatic heterocycles. The van der Waals surface area contributed by atoms with Gasteiger partial charge in [-0.2, -0.15) is 4.31 Å². The molecular weight excluding hydrogens is 446 g/mol. The van der Waals surface area contributed by atoms with E-state index in [1.54, 1.807) is 42.5 Å². The molecule has 0 radical (unpaired) electrons. The summed E-state index contributed by atoms with van der Waals surface area (Å²) in [5.74, 6) is 0.417. The molecule has 1 saturated heterocycles. The summed E-state index contributed by atoms with van der Waals surface area (Å²) in [7, 11) is -3.73. The van der Waals surface area contributed by atoms with Crippen molar-refractivity contribution in [3.05, 3.63) is 58.4 Å². The molecule has 1 N–H and O–H groups in total. The molecule has 29 heavy (non-hydrogen) atoms. The van der Waals surface area contributed by atoms with Gasteiger partial charge in [0.1, 0.15) is 11.0 Å². The first-order valence-corrected chi connectivity index (χ1v) is 13.2. The second-order valence-corrected chi connectivity index (χ2v) is 11.2. The minimum Gasteiger partial charge on any atom is -0.349 e. The van der Waals surface area contributed by atoms with Crippen molar-refractivity contribution in [1.82, 2.24) is 14.6 Å². The fourth-order valence-corrected chi connectivity index (χ4v) is 8.05. The van der Waals surface area contributed by atoms with Gasteiger partial charge in [-0.25, -0.2) is 13.4 Å². The molecule has 152 valence electrons. The average molecular weight is 466 g/mol. The summed E-state index contributed by atoms with van der Waals surface area (Å²) >= 11 is 4.60. The van der Waals surface area contributed by atoms with Gasteiger partial charge in [-0.05, 0) is 30.0 Å². The predicted octanol–water partition coefficient (Wildman–Crippen LogP) is 3.56. The molecule has 0 bridgehead atoms. The highest BCUT2D eigenvalue weighted by molar-refractivity contribution is 8.00. The van der Waals surface area contributed by atoms with Gasteiger partial charge in [0.05, 0.1) is 27.9 Å². The first-order valence-electron chi connectivity index (χ1n) is 8.88. The molecule has 3 heterocycles. The lowest BCUT2D eigenvalue weighted by Crippen LogP contribution is -2.47. The van der Waals surface area contributed by atoms with E-state index < -0.39 is 16.1 Å². The number of nitrogens with zero attached hydrogens (tertiary/aromatic N) is 2. The van der Waals surface area contributed by atoms with Gasteiger partial charge in [-0.1, -0.05) is 24.3 Å². The number of carbonyl (C=O) groups is 1. The van der Waals surface area contributed by atoms with Crippen molar-refractivity contribution in [1.29, 1.82) is 0 Å². The number of aromatic nitrogens is 1. The zero-order valence-corrected chi connectivity index (χ0v) is 18.8. The summed E-state index contributed by atoms with van der Waals surface area (Å²) in [5.41, 5.74) is 1.44. The molecule has 0 saturated carbocycles. The van der Waals surface area contributed by atoms with Gasteiger partial charge >= 0.3 is 0 Å². The SMILES string of the molecule is Cc1ccccc1S(=O)(=O)N1CSC[C@@H]1C(=O)NCc1csc(-c2cccs2)n1. The van der Waals surface area contributed by atoms with E-state index in [1.165, 1.54) is 27.4 Å².